The highest BCUT2D eigenvalue weighted by Gasteiger charge is 2.00. The topological polar surface area (TPSA) is 60.7 Å². The smallest absolute Gasteiger partial charge is 0.137 e. The molecule has 0 saturated carbocycles. The molecular formula is C16H23NO4. The number of rotatable bonds is 12. The highest BCUT2D eigenvalue weighted by Crippen LogP contribution is 2.16. The molecule has 0 aliphatic heterocycles. The Labute approximate surface area is 126 Å². The first-order valence-electron chi connectivity index (χ1n) is 7.15. The van der Waals surface area contributed by atoms with Crippen LogP contribution in [0.5, 0.6) is 5.75 Å². The molecule has 0 saturated heterocycles. The van der Waals surface area contributed by atoms with E-state index in [-0.39, 0.29) is 0 Å². The minimum atomic E-state index is 0.545. The van der Waals surface area contributed by atoms with Gasteiger partial charge in [0.2, 0.25) is 0 Å². The molecule has 1 aromatic rings. The zero-order valence-corrected chi connectivity index (χ0v) is 12.5. The van der Waals surface area contributed by atoms with E-state index in [0.29, 0.717) is 51.0 Å². The molecule has 0 aliphatic rings. The molecule has 21 heavy (non-hydrogen) atoms. The first kappa shape index (κ1) is 17.4. The standard InChI is InChI=1S/C16H23NO4/c1-18-12-13-20-9-4-8-19-10-5-11-21-16-7-3-2-6-15(16)14-17/h2-3,6-7H,4-5,8-13H2,1H3. The number of para-hydroxylation sites is 1. The molecule has 0 atom stereocenters. The summed E-state index contributed by atoms with van der Waals surface area (Å²) in [6.45, 7) is 3.82. The maximum absolute atomic E-state index is 8.92. The third-order valence-corrected chi connectivity index (χ3v) is 2.71. The van der Waals surface area contributed by atoms with Gasteiger partial charge in [-0.1, -0.05) is 12.1 Å². The van der Waals surface area contributed by atoms with E-state index in [0.717, 1.165) is 12.8 Å². The van der Waals surface area contributed by atoms with E-state index in [4.69, 9.17) is 24.2 Å². The summed E-state index contributed by atoms with van der Waals surface area (Å²) in [6.07, 6.45) is 1.67. The predicted molar refractivity (Wildman–Crippen MR) is 79.4 cm³/mol. The molecule has 0 fully saturated rings. The van der Waals surface area contributed by atoms with E-state index in [1.54, 1.807) is 19.2 Å². The molecule has 1 rings (SSSR count). The predicted octanol–water partition coefficient (Wildman–Crippen LogP) is 2.40. The van der Waals surface area contributed by atoms with E-state index < -0.39 is 0 Å². The minimum Gasteiger partial charge on any atom is -0.492 e. The van der Waals surface area contributed by atoms with Gasteiger partial charge in [0.1, 0.15) is 11.8 Å². The number of hydrogen-bond donors (Lipinski definition) is 0. The Hall–Kier alpha value is -1.61. The molecule has 0 bridgehead atoms. The van der Waals surface area contributed by atoms with Crippen LogP contribution in [0.4, 0.5) is 0 Å². The van der Waals surface area contributed by atoms with Crippen LogP contribution in [0, 0.1) is 11.3 Å². The number of nitriles is 1. The van der Waals surface area contributed by atoms with Crippen LogP contribution in [0.3, 0.4) is 0 Å². The summed E-state index contributed by atoms with van der Waals surface area (Å²) < 4.78 is 21.2. The van der Waals surface area contributed by atoms with Gasteiger partial charge in [-0.3, -0.25) is 0 Å². The van der Waals surface area contributed by atoms with Crippen molar-refractivity contribution in [2.45, 2.75) is 12.8 Å². The van der Waals surface area contributed by atoms with Crippen LogP contribution >= 0.6 is 0 Å². The average molecular weight is 293 g/mol. The maximum Gasteiger partial charge on any atom is 0.137 e. The lowest BCUT2D eigenvalue weighted by molar-refractivity contribution is 0.0496. The zero-order chi connectivity index (χ0) is 15.2. The van der Waals surface area contributed by atoms with Crippen molar-refractivity contribution in [3.05, 3.63) is 29.8 Å². The number of ether oxygens (including phenoxy) is 4. The van der Waals surface area contributed by atoms with Gasteiger partial charge in [0.25, 0.3) is 0 Å². The van der Waals surface area contributed by atoms with Crippen molar-refractivity contribution >= 4 is 0 Å². The van der Waals surface area contributed by atoms with Gasteiger partial charge in [-0.05, 0) is 18.6 Å². The molecule has 116 valence electrons. The first-order valence-corrected chi connectivity index (χ1v) is 7.15. The second-order valence-corrected chi connectivity index (χ2v) is 4.38. The Morgan fingerprint density at radius 3 is 2.29 bits per heavy atom. The lowest BCUT2D eigenvalue weighted by Crippen LogP contribution is -2.07. The summed E-state index contributed by atoms with van der Waals surface area (Å²) in [7, 11) is 1.66. The van der Waals surface area contributed by atoms with Crippen molar-refractivity contribution in [1.29, 1.82) is 5.26 Å². The largest absolute Gasteiger partial charge is 0.492 e. The molecule has 0 spiro atoms. The molecule has 0 aromatic heterocycles. The van der Waals surface area contributed by atoms with Crippen molar-refractivity contribution in [3.8, 4) is 11.8 Å². The van der Waals surface area contributed by atoms with Crippen LogP contribution in [0.25, 0.3) is 0 Å². The van der Waals surface area contributed by atoms with Crippen molar-refractivity contribution in [3.63, 3.8) is 0 Å². The Balaban J connectivity index is 1.94. The third kappa shape index (κ3) is 8.30. The van der Waals surface area contributed by atoms with E-state index in [2.05, 4.69) is 6.07 Å². The Morgan fingerprint density at radius 1 is 0.905 bits per heavy atom. The highest BCUT2D eigenvalue weighted by atomic mass is 16.5. The van der Waals surface area contributed by atoms with Crippen LogP contribution < -0.4 is 4.74 Å². The Morgan fingerprint density at radius 2 is 1.57 bits per heavy atom. The molecular weight excluding hydrogens is 270 g/mol. The molecule has 0 unspecified atom stereocenters. The fraction of sp³-hybridized carbons (Fsp3) is 0.562. The SMILES string of the molecule is COCCOCCCOCCCOc1ccccc1C#N. The van der Waals surface area contributed by atoms with Gasteiger partial charge in [-0.2, -0.15) is 5.26 Å². The van der Waals surface area contributed by atoms with Crippen LogP contribution in [0.15, 0.2) is 24.3 Å². The van der Waals surface area contributed by atoms with E-state index in [1.807, 2.05) is 12.1 Å². The van der Waals surface area contributed by atoms with Crippen LogP contribution in [-0.2, 0) is 14.2 Å². The van der Waals surface area contributed by atoms with Gasteiger partial charge in [-0.15, -0.1) is 0 Å². The molecule has 0 amide bonds. The quantitative estimate of drug-likeness (QED) is 0.554. The van der Waals surface area contributed by atoms with E-state index >= 15 is 0 Å². The van der Waals surface area contributed by atoms with E-state index in [9.17, 15) is 0 Å². The molecule has 5 nitrogen and oxygen atoms in total. The Kier molecular flexibility index (Phi) is 10.1. The second kappa shape index (κ2) is 12.2. The van der Waals surface area contributed by atoms with E-state index in [1.165, 1.54) is 0 Å². The highest BCUT2D eigenvalue weighted by molar-refractivity contribution is 5.42. The van der Waals surface area contributed by atoms with Gasteiger partial charge in [0, 0.05) is 33.4 Å². The van der Waals surface area contributed by atoms with Gasteiger partial charge in [-0.25, -0.2) is 0 Å². The molecule has 0 heterocycles. The fourth-order valence-corrected chi connectivity index (χ4v) is 1.64. The summed E-state index contributed by atoms with van der Waals surface area (Å²) in [5.41, 5.74) is 0.562. The summed E-state index contributed by atoms with van der Waals surface area (Å²) in [4.78, 5) is 0. The Bertz CT molecular complexity index is 417. The summed E-state index contributed by atoms with van der Waals surface area (Å²) in [5, 5.41) is 8.92. The lowest BCUT2D eigenvalue weighted by Gasteiger charge is -2.08. The number of hydrogen-bond acceptors (Lipinski definition) is 5. The van der Waals surface area contributed by atoms with Gasteiger partial charge in [0.05, 0.1) is 25.4 Å². The molecule has 0 N–H and O–H groups in total. The fourth-order valence-electron chi connectivity index (χ4n) is 1.64. The van der Waals surface area contributed by atoms with Crippen molar-refractivity contribution in [2.75, 3.05) is 46.8 Å². The van der Waals surface area contributed by atoms with Crippen LogP contribution in [0.2, 0.25) is 0 Å². The normalized spacial score (nSPS) is 10.3. The molecule has 5 heteroatoms. The average Bonchev–Trinajstić information content (AvgIpc) is 2.53. The second-order valence-electron chi connectivity index (χ2n) is 4.38. The summed E-state index contributed by atoms with van der Waals surface area (Å²) in [5.74, 6) is 0.631. The lowest BCUT2D eigenvalue weighted by atomic mass is 10.2. The number of methoxy groups -OCH3 is 1. The molecule has 0 radical (unpaired) electrons. The first-order chi connectivity index (χ1) is 10.4. The van der Waals surface area contributed by atoms with Crippen molar-refractivity contribution in [2.24, 2.45) is 0 Å². The van der Waals surface area contributed by atoms with Crippen molar-refractivity contribution in [1.82, 2.24) is 0 Å². The summed E-state index contributed by atoms with van der Waals surface area (Å²) in [6, 6.07) is 9.33. The van der Waals surface area contributed by atoms with Gasteiger partial charge < -0.3 is 18.9 Å². The van der Waals surface area contributed by atoms with Crippen LogP contribution in [-0.4, -0.2) is 46.8 Å². The molecule has 0 aliphatic carbocycles. The molecule has 1 aromatic carbocycles. The number of benzene rings is 1. The third-order valence-electron chi connectivity index (χ3n) is 2.71. The van der Waals surface area contributed by atoms with Crippen molar-refractivity contribution < 1.29 is 18.9 Å². The monoisotopic (exact) mass is 293 g/mol. The van der Waals surface area contributed by atoms with Gasteiger partial charge >= 0.3 is 0 Å². The zero-order valence-electron chi connectivity index (χ0n) is 12.5. The van der Waals surface area contributed by atoms with Gasteiger partial charge in [0.15, 0.2) is 0 Å². The summed E-state index contributed by atoms with van der Waals surface area (Å²) >= 11 is 0. The van der Waals surface area contributed by atoms with Crippen LogP contribution in [0.1, 0.15) is 18.4 Å². The minimum absolute atomic E-state index is 0.545. The maximum atomic E-state index is 8.92. The number of nitrogens with zero attached hydrogens (tertiary/aromatic N) is 1.